The third-order valence-corrected chi connectivity index (χ3v) is 4.66. The topological polar surface area (TPSA) is 56.8 Å². The Labute approximate surface area is 160 Å². The zero-order chi connectivity index (χ0) is 19.6. The lowest BCUT2D eigenvalue weighted by atomic mass is 9.89. The molecule has 2 atom stereocenters. The first-order valence-electron chi connectivity index (χ1n) is 9.18. The normalized spacial score (nSPS) is 18.6. The third kappa shape index (κ3) is 4.54. The summed E-state index contributed by atoms with van der Waals surface area (Å²) in [6.07, 6.45) is 0.0580. The molecule has 1 aliphatic heterocycles. The van der Waals surface area contributed by atoms with Gasteiger partial charge >= 0.3 is 0 Å². The van der Waals surface area contributed by atoms with Crippen LogP contribution in [0.5, 0.6) is 17.2 Å². The molecule has 3 rings (SSSR count). The van der Waals surface area contributed by atoms with Gasteiger partial charge in [0.2, 0.25) is 0 Å². The predicted molar refractivity (Wildman–Crippen MR) is 104 cm³/mol. The molecule has 0 fully saturated rings. The Bertz CT molecular complexity index is 831. The molecule has 0 unspecified atom stereocenters. The van der Waals surface area contributed by atoms with E-state index in [-0.39, 0.29) is 17.6 Å². The monoisotopic (exact) mass is 369 g/mol. The number of fused-ring (bicyclic) bond motifs is 1. The van der Waals surface area contributed by atoms with Crippen molar-refractivity contribution in [1.82, 2.24) is 5.32 Å². The number of methoxy groups -OCH3 is 1. The summed E-state index contributed by atoms with van der Waals surface area (Å²) in [6.45, 7) is 7.79. The summed E-state index contributed by atoms with van der Waals surface area (Å²) in [7, 11) is 1.63. The second-order valence-corrected chi connectivity index (χ2v) is 7.61. The van der Waals surface area contributed by atoms with Crippen LogP contribution >= 0.6 is 0 Å². The van der Waals surface area contributed by atoms with E-state index in [9.17, 15) is 4.79 Å². The van der Waals surface area contributed by atoms with Gasteiger partial charge in [-0.2, -0.15) is 0 Å². The Kier molecular flexibility index (Phi) is 5.31. The number of amides is 1. The third-order valence-electron chi connectivity index (χ3n) is 4.66. The van der Waals surface area contributed by atoms with Crippen molar-refractivity contribution in [2.24, 2.45) is 0 Å². The zero-order valence-corrected chi connectivity index (χ0v) is 16.5. The minimum Gasteiger partial charge on any atom is -0.497 e. The molecule has 144 valence electrons. The van der Waals surface area contributed by atoms with Gasteiger partial charge in [0.05, 0.1) is 13.2 Å². The van der Waals surface area contributed by atoms with Crippen LogP contribution in [0.15, 0.2) is 42.5 Å². The average molecular weight is 369 g/mol. The van der Waals surface area contributed by atoms with Gasteiger partial charge in [0, 0.05) is 12.0 Å². The van der Waals surface area contributed by atoms with Crippen LogP contribution < -0.4 is 19.5 Å². The Balaban J connectivity index is 1.76. The van der Waals surface area contributed by atoms with Crippen LogP contribution in [0, 0.1) is 6.92 Å². The fourth-order valence-corrected chi connectivity index (χ4v) is 3.32. The van der Waals surface area contributed by atoms with Crippen LogP contribution in [0.25, 0.3) is 0 Å². The molecule has 0 aliphatic carbocycles. The number of aryl methyl sites for hydroxylation is 1. The first-order valence-corrected chi connectivity index (χ1v) is 9.18. The number of carbonyl (C=O) groups excluding carboxylic acids is 1. The van der Waals surface area contributed by atoms with E-state index in [4.69, 9.17) is 14.2 Å². The number of carbonyl (C=O) groups is 1. The van der Waals surface area contributed by atoms with Gasteiger partial charge in [-0.05, 0) is 63.6 Å². The Morgan fingerprint density at radius 1 is 1.22 bits per heavy atom. The van der Waals surface area contributed by atoms with Crippen LogP contribution in [-0.4, -0.2) is 24.7 Å². The summed E-state index contributed by atoms with van der Waals surface area (Å²) in [4.78, 5) is 12.8. The molecule has 5 heteroatoms. The first kappa shape index (κ1) is 19.1. The standard InChI is InChI=1S/C22H27NO4/c1-14-7-6-8-17(11-14)26-15(2)21(24)23-19-13-22(3,4)27-20-10-9-16(25-5)12-18(19)20/h6-12,15,19H,13H2,1-5H3,(H,23,24)/t15-,19-/m1/s1. The van der Waals surface area contributed by atoms with Crippen LogP contribution in [0.2, 0.25) is 0 Å². The highest BCUT2D eigenvalue weighted by Crippen LogP contribution is 2.41. The molecule has 1 amide bonds. The molecule has 1 heterocycles. The van der Waals surface area contributed by atoms with E-state index in [1.54, 1.807) is 14.0 Å². The van der Waals surface area contributed by atoms with Crippen molar-refractivity contribution in [1.29, 1.82) is 0 Å². The van der Waals surface area contributed by atoms with E-state index < -0.39 is 6.10 Å². The van der Waals surface area contributed by atoms with Gasteiger partial charge in [-0.15, -0.1) is 0 Å². The summed E-state index contributed by atoms with van der Waals surface area (Å²) in [6, 6.07) is 13.2. The van der Waals surface area contributed by atoms with Crippen molar-refractivity contribution in [3.8, 4) is 17.2 Å². The van der Waals surface area contributed by atoms with Crippen molar-refractivity contribution in [2.75, 3.05) is 7.11 Å². The Hall–Kier alpha value is -2.69. The maximum Gasteiger partial charge on any atom is 0.261 e. The van der Waals surface area contributed by atoms with Gasteiger partial charge in [0.15, 0.2) is 6.10 Å². The van der Waals surface area contributed by atoms with Gasteiger partial charge in [-0.1, -0.05) is 12.1 Å². The molecule has 0 saturated carbocycles. The molecule has 0 radical (unpaired) electrons. The van der Waals surface area contributed by atoms with E-state index in [0.717, 1.165) is 22.6 Å². The SMILES string of the molecule is COc1ccc2c(c1)[C@H](NC(=O)[C@@H](C)Oc1cccc(C)c1)CC(C)(C)O2. The largest absolute Gasteiger partial charge is 0.497 e. The molecule has 1 aliphatic rings. The molecule has 0 aromatic heterocycles. The van der Waals surface area contributed by atoms with E-state index in [1.165, 1.54) is 0 Å². The molecule has 0 saturated heterocycles. The molecule has 2 aromatic rings. The molecule has 5 nitrogen and oxygen atoms in total. The van der Waals surface area contributed by atoms with Crippen molar-refractivity contribution >= 4 is 5.91 Å². The van der Waals surface area contributed by atoms with Crippen LogP contribution in [0.4, 0.5) is 0 Å². The van der Waals surface area contributed by atoms with E-state index in [1.807, 2.05) is 63.2 Å². The second-order valence-electron chi connectivity index (χ2n) is 7.61. The van der Waals surface area contributed by atoms with Crippen LogP contribution in [0.1, 0.15) is 44.4 Å². The smallest absolute Gasteiger partial charge is 0.261 e. The van der Waals surface area contributed by atoms with E-state index >= 15 is 0 Å². The molecular formula is C22H27NO4. The molecule has 1 N–H and O–H groups in total. The maximum absolute atomic E-state index is 12.8. The minimum atomic E-state index is -0.605. The molecule has 0 spiro atoms. The lowest BCUT2D eigenvalue weighted by Crippen LogP contribution is -2.44. The fraction of sp³-hybridized carbons (Fsp3) is 0.409. The number of nitrogens with one attached hydrogen (secondary N) is 1. The van der Waals surface area contributed by atoms with Crippen LogP contribution in [0.3, 0.4) is 0 Å². The van der Waals surface area contributed by atoms with Gasteiger partial charge in [0.1, 0.15) is 22.8 Å². The van der Waals surface area contributed by atoms with E-state index in [0.29, 0.717) is 12.2 Å². The molecule has 0 bridgehead atoms. The number of hydrogen-bond donors (Lipinski definition) is 1. The van der Waals surface area contributed by atoms with Gasteiger partial charge < -0.3 is 19.5 Å². The Morgan fingerprint density at radius 2 is 2.00 bits per heavy atom. The minimum absolute atomic E-state index is 0.159. The molecular weight excluding hydrogens is 342 g/mol. The van der Waals surface area contributed by atoms with Crippen molar-refractivity contribution in [3.05, 3.63) is 53.6 Å². The zero-order valence-electron chi connectivity index (χ0n) is 16.5. The summed E-state index contributed by atoms with van der Waals surface area (Å²) >= 11 is 0. The Morgan fingerprint density at radius 3 is 2.70 bits per heavy atom. The average Bonchev–Trinajstić information content (AvgIpc) is 2.60. The number of benzene rings is 2. The second kappa shape index (κ2) is 7.51. The number of ether oxygens (including phenoxy) is 3. The molecule has 27 heavy (non-hydrogen) atoms. The summed E-state index contributed by atoms with van der Waals surface area (Å²) in [5, 5.41) is 3.12. The highest BCUT2D eigenvalue weighted by Gasteiger charge is 2.35. The van der Waals surface area contributed by atoms with Crippen molar-refractivity contribution in [3.63, 3.8) is 0 Å². The van der Waals surface area contributed by atoms with Crippen LogP contribution in [-0.2, 0) is 4.79 Å². The van der Waals surface area contributed by atoms with Gasteiger partial charge in [-0.3, -0.25) is 4.79 Å². The van der Waals surface area contributed by atoms with Gasteiger partial charge in [0.25, 0.3) is 5.91 Å². The number of hydrogen-bond acceptors (Lipinski definition) is 4. The van der Waals surface area contributed by atoms with Crippen molar-refractivity contribution in [2.45, 2.75) is 51.9 Å². The maximum atomic E-state index is 12.8. The lowest BCUT2D eigenvalue weighted by Gasteiger charge is -2.38. The number of rotatable bonds is 5. The van der Waals surface area contributed by atoms with Gasteiger partial charge in [-0.25, -0.2) is 0 Å². The molecule has 2 aromatic carbocycles. The quantitative estimate of drug-likeness (QED) is 0.859. The van der Waals surface area contributed by atoms with Crippen molar-refractivity contribution < 1.29 is 19.0 Å². The summed E-state index contributed by atoms with van der Waals surface area (Å²) < 4.78 is 17.2. The van der Waals surface area contributed by atoms with E-state index in [2.05, 4.69) is 5.32 Å². The highest BCUT2D eigenvalue weighted by atomic mass is 16.5. The fourth-order valence-electron chi connectivity index (χ4n) is 3.32. The summed E-state index contributed by atoms with van der Waals surface area (Å²) in [5.41, 5.74) is 1.64. The highest BCUT2D eigenvalue weighted by molar-refractivity contribution is 5.81. The first-order chi connectivity index (χ1) is 12.8. The lowest BCUT2D eigenvalue weighted by molar-refractivity contribution is -0.128. The summed E-state index contributed by atoms with van der Waals surface area (Å²) in [5.74, 6) is 2.03. The predicted octanol–water partition coefficient (Wildman–Crippen LogP) is 4.19.